The average Bonchev–Trinajstić information content (AvgIpc) is 2.68. The lowest BCUT2D eigenvalue weighted by Crippen LogP contribution is -2.17. The van der Waals surface area contributed by atoms with E-state index in [1.807, 2.05) is 44.2 Å². The summed E-state index contributed by atoms with van der Waals surface area (Å²) in [6.45, 7) is 4.31. The van der Waals surface area contributed by atoms with E-state index in [-0.39, 0.29) is 5.91 Å². The fourth-order valence-corrected chi connectivity index (χ4v) is 2.09. The largest absolute Gasteiger partial charge is 0.384 e. The SMILES string of the molecule is Cc1cc(C)n(C(=O)CCNc2cccc(Cl)c2)n1. The second-order valence-electron chi connectivity index (χ2n) is 4.42. The molecule has 0 spiro atoms. The van der Waals surface area contributed by atoms with Crippen molar-refractivity contribution in [1.29, 1.82) is 0 Å². The molecule has 5 heteroatoms. The van der Waals surface area contributed by atoms with E-state index in [9.17, 15) is 4.79 Å². The molecule has 2 aromatic rings. The second kappa shape index (κ2) is 5.89. The van der Waals surface area contributed by atoms with Gasteiger partial charge in [0, 0.05) is 29.4 Å². The molecule has 19 heavy (non-hydrogen) atoms. The van der Waals surface area contributed by atoms with Crippen LogP contribution in [0.4, 0.5) is 5.69 Å². The molecular formula is C14H16ClN3O. The summed E-state index contributed by atoms with van der Waals surface area (Å²) in [5.74, 6) is -0.0138. The van der Waals surface area contributed by atoms with Gasteiger partial charge in [0.15, 0.2) is 0 Å². The van der Waals surface area contributed by atoms with Gasteiger partial charge in [-0.2, -0.15) is 5.10 Å². The van der Waals surface area contributed by atoms with Crippen LogP contribution in [0.15, 0.2) is 30.3 Å². The van der Waals surface area contributed by atoms with Crippen LogP contribution in [0.3, 0.4) is 0 Å². The van der Waals surface area contributed by atoms with Crippen molar-refractivity contribution in [1.82, 2.24) is 9.78 Å². The summed E-state index contributed by atoms with van der Waals surface area (Å²) in [6.07, 6.45) is 0.383. The molecule has 0 aliphatic rings. The van der Waals surface area contributed by atoms with Crippen LogP contribution in [-0.2, 0) is 0 Å². The van der Waals surface area contributed by atoms with Gasteiger partial charge >= 0.3 is 0 Å². The third kappa shape index (κ3) is 3.58. The number of halogens is 1. The Kier molecular flexibility index (Phi) is 4.22. The minimum atomic E-state index is -0.0138. The second-order valence-corrected chi connectivity index (χ2v) is 4.86. The highest BCUT2D eigenvalue weighted by Gasteiger charge is 2.09. The summed E-state index contributed by atoms with van der Waals surface area (Å²) in [5.41, 5.74) is 2.63. The molecule has 4 nitrogen and oxygen atoms in total. The van der Waals surface area contributed by atoms with Gasteiger partial charge in [-0.25, -0.2) is 4.68 Å². The van der Waals surface area contributed by atoms with Crippen molar-refractivity contribution >= 4 is 23.2 Å². The third-order valence-electron chi connectivity index (χ3n) is 2.74. The monoisotopic (exact) mass is 277 g/mol. The van der Waals surface area contributed by atoms with Crippen molar-refractivity contribution in [3.05, 3.63) is 46.7 Å². The number of rotatable bonds is 4. The summed E-state index contributed by atoms with van der Waals surface area (Å²) in [5, 5.41) is 8.01. The first kappa shape index (κ1) is 13.6. The Bertz CT molecular complexity index is 592. The molecule has 0 fully saturated rings. The number of carbonyl (C=O) groups is 1. The lowest BCUT2D eigenvalue weighted by Gasteiger charge is -2.07. The van der Waals surface area contributed by atoms with Crippen LogP contribution in [-0.4, -0.2) is 22.2 Å². The Morgan fingerprint density at radius 3 is 2.79 bits per heavy atom. The smallest absolute Gasteiger partial charge is 0.248 e. The first-order valence-corrected chi connectivity index (χ1v) is 6.50. The van der Waals surface area contributed by atoms with Gasteiger partial charge in [0.2, 0.25) is 5.91 Å². The Morgan fingerprint density at radius 1 is 1.37 bits per heavy atom. The number of nitrogens with one attached hydrogen (secondary N) is 1. The third-order valence-corrected chi connectivity index (χ3v) is 2.97. The quantitative estimate of drug-likeness (QED) is 0.933. The van der Waals surface area contributed by atoms with E-state index < -0.39 is 0 Å². The number of anilines is 1. The van der Waals surface area contributed by atoms with Crippen molar-refractivity contribution in [2.75, 3.05) is 11.9 Å². The minimum Gasteiger partial charge on any atom is -0.384 e. The molecule has 2 rings (SSSR count). The van der Waals surface area contributed by atoms with Gasteiger partial charge < -0.3 is 5.32 Å². The molecule has 1 aromatic heterocycles. The standard InChI is InChI=1S/C14H16ClN3O/c1-10-8-11(2)18(17-10)14(19)6-7-16-13-5-3-4-12(15)9-13/h3-5,8-9,16H,6-7H2,1-2H3. The summed E-state index contributed by atoms with van der Waals surface area (Å²) in [7, 11) is 0. The van der Waals surface area contributed by atoms with Gasteiger partial charge in [0.1, 0.15) is 0 Å². The van der Waals surface area contributed by atoms with Crippen molar-refractivity contribution in [3.8, 4) is 0 Å². The number of nitrogens with zero attached hydrogens (tertiary/aromatic N) is 2. The predicted octanol–water partition coefficient (Wildman–Crippen LogP) is 3.30. The molecule has 1 heterocycles. The zero-order valence-electron chi connectivity index (χ0n) is 11.0. The highest BCUT2D eigenvalue weighted by molar-refractivity contribution is 6.30. The van der Waals surface area contributed by atoms with Crippen molar-refractivity contribution in [3.63, 3.8) is 0 Å². The molecule has 0 aliphatic heterocycles. The van der Waals surface area contributed by atoms with E-state index in [4.69, 9.17) is 11.6 Å². The lowest BCUT2D eigenvalue weighted by atomic mass is 10.3. The molecule has 0 aliphatic carbocycles. The van der Waals surface area contributed by atoms with E-state index in [1.165, 1.54) is 4.68 Å². The van der Waals surface area contributed by atoms with E-state index in [0.29, 0.717) is 18.0 Å². The van der Waals surface area contributed by atoms with Crippen LogP contribution in [0.25, 0.3) is 0 Å². The van der Waals surface area contributed by atoms with Crippen LogP contribution < -0.4 is 5.32 Å². The Balaban J connectivity index is 1.89. The molecule has 0 saturated carbocycles. The summed E-state index contributed by atoms with van der Waals surface area (Å²) >= 11 is 5.88. The van der Waals surface area contributed by atoms with E-state index >= 15 is 0 Å². The molecule has 0 unspecified atom stereocenters. The highest BCUT2D eigenvalue weighted by atomic mass is 35.5. The number of carbonyl (C=O) groups excluding carboxylic acids is 1. The van der Waals surface area contributed by atoms with Gasteiger partial charge in [0.05, 0.1) is 5.69 Å². The van der Waals surface area contributed by atoms with Crippen LogP contribution in [0.1, 0.15) is 22.6 Å². The van der Waals surface area contributed by atoms with E-state index in [2.05, 4.69) is 10.4 Å². The Morgan fingerprint density at radius 2 is 2.16 bits per heavy atom. The minimum absolute atomic E-state index is 0.0138. The number of aromatic nitrogens is 2. The summed E-state index contributed by atoms with van der Waals surface area (Å²) < 4.78 is 1.45. The highest BCUT2D eigenvalue weighted by Crippen LogP contribution is 2.14. The fourth-order valence-electron chi connectivity index (χ4n) is 1.90. The number of aryl methyl sites for hydroxylation is 2. The molecule has 0 atom stereocenters. The van der Waals surface area contributed by atoms with Crippen molar-refractivity contribution < 1.29 is 4.79 Å². The molecule has 0 saturated heterocycles. The predicted molar refractivity (Wildman–Crippen MR) is 76.9 cm³/mol. The maximum atomic E-state index is 12.0. The maximum absolute atomic E-state index is 12.0. The maximum Gasteiger partial charge on any atom is 0.248 e. The van der Waals surface area contributed by atoms with Crippen LogP contribution in [0.5, 0.6) is 0 Å². The lowest BCUT2D eigenvalue weighted by molar-refractivity contribution is 0.0888. The van der Waals surface area contributed by atoms with Crippen LogP contribution >= 0.6 is 11.6 Å². The molecule has 0 amide bonds. The van der Waals surface area contributed by atoms with E-state index in [0.717, 1.165) is 17.1 Å². The summed E-state index contributed by atoms with van der Waals surface area (Å²) in [6, 6.07) is 9.32. The van der Waals surface area contributed by atoms with Crippen molar-refractivity contribution in [2.24, 2.45) is 0 Å². The molecular weight excluding hydrogens is 262 g/mol. The molecule has 1 aromatic carbocycles. The fraction of sp³-hybridized carbons (Fsp3) is 0.286. The number of hydrogen-bond donors (Lipinski definition) is 1. The topological polar surface area (TPSA) is 46.9 Å². The van der Waals surface area contributed by atoms with Gasteiger partial charge in [0.25, 0.3) is 0 Å². The van der Waals surface area contributed by atoms with Gasteiger partial charge in [-0.3, -0.25) is 4.79 Å². The average molecular weight is 278 g/mol. The van der Waals surface area contributed by atoms with Crippen LogP contribution in [0, 0.1) is 13.8 Å². The Labute approximate surface area is 117 Å². The van der Waals surface area contributed by atoms with Gasteiger partial charge in [-0.1, -0.05) is 17.7 Å². The summed E-state index contributed by atoms with van der Waals surface area (Å²) in [4.78, 5) is 12.0. The first-order chi connectivity index (χ1) is 9.06. The molecule has 0 radical (unpaired) electrons. The van der Waals surface area contributed by atoms with Gasteiger partial charge in [-0.05, 0) is 38.1 Å². The van der Waals surface area contributed by atoms with E-state index in [1.54, 1.807) is 0 Å². The molecule has 100 valence electrons. The normalized spacial score (nSPS) is 10.5. The zero-order valence-corrected chi connectivity index (χ0v) is 11.7. The molecule has 1 N–H and O–H groups in total. The number of hydrogen-bond acceptors (Lipinski definition) is 3. The number of benzene rings is 1. The van der Waals surface area contributed by atoms with Crippen LogP contribution in [0.2, 0.25) is 5.02 Å². The molecule has 0 bridgehead atoms. The van der Waals surface area contributed by atoms with Gasteiger partial charge in [-0.15, -0.1) is 0 Å². The van der Waals surface area contributed by atoms with Crippen molar-refractivity contribution in [2.45, 2.75) is 20.3 Å². The first-order valence-electron chi connectivity index (χ1n) is 6.12. The Hall–Kier alpha value is -1.81. The zero-order chi connectivity index (χ0) is 13.8.